The molecule has 0 atom stereocenters. The van der Waals surface area contributed by atoms with E-state index in [-0.39, 0.29) is 0 Å². The summed E-state index contributed by atoms with van der Waals surface area (Å²) in [5, 5.41) is 0. The summed E-state index contributed by atoms with van der Waals surface area (Å²) >= 11 is 0. The molecule has 0 saturated carbocycles. The van der Waals surface area contributed by atoms with Crippen LogP contribution in [0.1, 0.15) is 6.42 Å². The molecule has 0 N–H and O–H groups in total. The van der Waals surface area contributed by atoms with E-state index in [0.29, 0.717) is 0 Å². The molecule has 0 fully saturated rings. The van der Waals surface area contributed by atoms with Gasteiger partial charge in [0, 0.05) is 13.5 Å². The van der Waals surface area contributed by atoms with Crippen LogP contribution in [0.4, 0.5) is 0 Å². The first-order chi connectivity index (χ1) is 5.27. The van der Waals surface area contributed by atoms with Crippen molar-refractivity contribution in [2.75, 3.05) is 27.3 Å². The second kappa shape index (κ2) is 3.69. The molecule has 1 rings (SSSR count). The van der Waals surface area contributed by atoms with Gasteiger partial charge in [-0.2, -0.15) is 0 Å². The van der Waals surface area contributed by atoms with Gasteiger partial charge in [0.25, 0.3) is 0 Å². The average molecular weight is 154 g/mol. The average Bonchev–Trinajstić information content (AvgIpc) is 2.38. The third kappa shape index (κ3) is 2.48. The molecule has 0 aromatic rings. The largest absolute Gasteiger partial charge is 0.384 e. The zero-order valence-electron chi connectivity index (χ0n) is 7.29. The standard InChI is InChI=1S/C9H16NO/c1-10(6-3-4-7-10)8-5-9-11-2/h3-4,6-7H,5,8-9H2,1-2H3/q+1. The third-order valence-electron chi connectivity index (χ3n) is 1.95. The van der Waals surface area contributed by atoms with Crippen molar-refractivity contribution < 1.29 is 9.22 Å². The van der Waals surface area contributed by atoms with Gasteiger partial charge in [0.15, 0.2) is 0 Å². The maximum Gasteiger partial charge on any atom is 0.100 e. The van der Waals surface area contributed by atoms with Crippen LogP contribution in [-0.2, 0) is 4.74 Å². The fraction of sp³-hybridized carbons (Fsp3) is 0.556. The van der Waals surface area contributed by atoms with E-state index >= 15 is 0 Å². The smallest absolute Gasteiger partial charge is 0.100 e. The quantitative estimate of drug-likeness (QED) is 0.440. The Morgan fingerprint density at radius 3 is 2.45 bits per heavy atom. The molecule has 0 aliphatic carbocycles. The second-order valence-corrected chi connectivity index (χ2v) is 3.10. The lowest BCUT2D eigenvalue weighted by atomic mass is 10.4. The molecule has 0 radical (unpaired) electrons. The molecule has 62 valence electrons. The van der Waals surface area contributed by atoms with Crippen LogP contribution in [-0.4, -0.2) is 31.8 Å². The Hall–Kier alpha value is -0.600. The molecule has 0 amide bonds. The molecule has 0 bridgehead atoms. The Morgan fingerprint density at radius 1 is 1.27 bits per heavy atom. The monoisotopic (exact) mass is 154 g/mol. The van der Waals surface area contributed by atoms with Gasteiger partial charge < -0.3 is 4.74 Å². The number of ether oxygens (including phenoxy) is 1. The lowest BCUT2D eigenvalue weighted by Gasteiger charge is -2.22. The van der Waals surface area contributed by atoms with E-state index in [4.69, 9.17) is 4.74 Å². The number of rotatable bonds is 4. The van der Waals surface area contributed by atoms with Gasteiger partial charge in [0.05, 0.1) is 20.2 Å². The molecule has 0 unspecified atom stereocenters. The highest BCUT2D eigenvalue weighted by molar-refractivity contribution is 5.03. The Bertz CT molecular complexity index is 160. The van der Waals surface area contributed by atoms with Gasteiger partial charge >= 0.3 is 0 Å². The van der Waals surface area contributed by atoms with Crippen molar-refractivity contribution in [3.63, 3.8) is 0 Å². The van der Waals surface area contributed by atoms with Crippen molar-refractivity contribution in [3.8, 4) is 0 Å². The minimum atomic E-state index is 0.857. The van der Waals surface area contributed by atoms with E-state index in [1.54, 1.807) is 7.11 Å². The van der Waals surface area contributed by atoms with Crippen LogP contribution in [0.5, 0.6) is 0 Å². The van der Waals surface area contributed by atoms with Crippen molar-refractivity contribution in [3.05, 3.63) is 24.6 Å². The lowest BCUT2D eigenvalue weighted by Crippen LogP contribution is -2.31. The Kier molecular flexibility index (Phi) is 2.85. The predicted molar refractivity (Wildman–Crippen MR) is 45.8 cm³/mol. The van der Waals surface area contributed by atoms with Crippen LogP contribution in [0.3, 0.4) is 0 Å². The third-order valence-corrected chi connectivity index (χ3v) is 1.95. The maximum absolute atomic E-state index is 4.99. The molecule has 0 aromatic heterocycles. The van der Waals surface area contributed by atoms with Crippen LogP contribution >= 0.6 is 0 Å². The number of hydrogen-bond acceptors (Lipinski definition) is 1. The van der Waals surface area contributed by atoms with Crippen molar-refractivity contribution >= 4 is 0 Å². The Balaban J connectivity index is 2.25. The van der Waals surface area contributed by atoms with E-state index < -0.39 is 0 Å². The van der Waals surface area contributed by atoms with E-state index in [1.807, 2.05) is 0 Å². The summed E-state index contributed by atoms with van der Waals surface area (Å²) < 4.78 is 5.91. The maximum atomic E-state index is 4.99. The fourth-order valence-electron chi connectivity index (χ4n) is 1.24. The van der Waals surface area contributed by atoms with E-state index in [9.17, 15) is 0 Å². The van der Waals surface area contributed by atoms with Gasteiger partial charge in [0.1, 0.15) is 12.4 Å². The van der Waals surface area contributed by atoms with Gasteiger partial charge in [-0.15, -0.1) is 0 Å². The van der Waals surface area contributed by atoms with Gasteiger partial charge in [0.2, 0.25) is 0 Å². The van der Waals surface area contributed by atoms with Crippen LogP contribution in [0.25, 0.3) is 0 Å². The van der Waals surface area contributed by atoms with Crippen LogP contribution in [0, 0.1) is 0 Å². The number of quaternary nitrogens is 1. The Labute approximate surface area is 68.4 Å². The number of nitrogens with zero attached hydrogens (tertiary/aromatic N) is 1. The van der Waals surface area contributed by atoms with E-state index in [2.05, 4.69) is 31.6 Å². The molecule has 1 aliphatic rings. The number of hydrogen-bond donors (Lipinski definition) is 0. The van der Waals surface area contributed by atoms with Crippen LogP contribution in [0.2, 0.25) is 0 Å². The van der Waals surface area contributed by atoms with Crippen molar-refractivity contribution in [1.29, 1.82) is 0 Å². The zero-order valence-corrected chi connectivity index (χ0v) is 7.29. The summed E-state index contributed by atoms with van der Waals surface area (Å²) in [7, 11) is 3.94. The lowest BCUT2D eigenvalue weighted by molar-refractivity contribution is -0.804. The number of allylic oxidation sites excluding steroid dienone is 2. The molecule has 0 aromatic carbocycles. The van der Waals surface area contributed by atoms with Crippen LogP contribution in [0.15, 0.2) is 24.6 Å². The fourth-order valence-corrected chi connectivity index (χ4v) is 1.24. The van der Waals surface area contributed by atoms with E-state index in [0.717, 1.165) is 24.1 Å². The molecule has 1 heterocycles. The Morgan fingerprint density at radius 2 is 1.91 bits per heavy atom. The summed E-state index contributed by atoms with van der Waals surface area (Å²) in [6.07, 6.45) is 9.67. The molecule has 11 heavy (non-hydrogen) atoms. The summed E-state index contributed by atoms with van der Waals surface area (Å²) in [6, 6.07) is 0. The van der Waals surface area contributed by atoms with Gasteiger partial charge in [-0.05, 0) is 12.2 Å². The van der Waals surface area contributed by atoms with Gasteiger partial charge in [-0.1, -0.05) is 0 Å². The summed E-state index contributed by atoms with van der Waals surface area (Å²) in [4.78, 5) is 0. The summed E-state index contributed by atoms with van der Waals surface area (Å²) in [5.74, 6) is 0. The highest BCUT2D eigenvalue weighted by atomic mass is 16.5. The SMILES string of the molecule is COCCC[N+]1(C)C=CC=C1. The van der Waals surface area contributed by atoms with E-state index in [1.165, 1.54) is 0 Å². The van der Waals surface area contributed by atoms with Crippen molar-refractivity contribution in [2.24, 2.45) is 0 Å². The molecular formula is C9H16NO+. The minimum Gasteiger partial charge on any atom is -0.384 e. The topological polar surface area (TPSA) is 9.23 Å². The predicted octanol–water partition coefficient (Wildman–Crippen LogP) is 1.51. The highest BCUT2D eigenvalue weighted by Gasteiger charge is 2.16. The first kappa shape index (κ1) is 8.50. The summed E-state index contributed by atoms with van der Waals surface area (Å²) in [6.45, 7) is 1.98. The minimum absolute atomic E-state index is 0.857. The molecule has 2 nitrogen and oxygen atoms in total. The number of methoxy groups -OCH3 is 1. The first-order valence-corrected chi connectivity index (χ1v) is 3.98. The molecule has 0 spiro atoms. The van der Waals surface area contributed by atoms with Gasteiger partial charge in [-0.3, -0.25) is 4.48 Å². The van der Waals surface area contributed by atoms with Gasteiger partial charge in [-0.25, -0.2) is 0 Å². The second-order valence-electron chi connectivity index (χ2n) is 3.10. The normalized spacial score (nSPS) is 19.5. The highest BCUT2D eigenvalue weighted by Crippen LogP contribution is 2.12. The molecule has 0 saturated heterocycles. The molecule has 2 heteroatoms. The molecule has 1 aliphatic heterocycles. The first-order valence-electron chi connectivity index (χ1n) is 3.98. The molecular weight excluding hydrogens is 138 g/mol. The van der Waals surface area contributed by atoms with Crippen molar-refractivity contribution in [1.82, 2.24) is 0 Å². The van der Waals surface area contributed by atoms with Crippen LogP contribution < -0.4 is 0 Å². The summed E-state index contributed by atoms with van der Waals surface area (Å²) in [5.41, 5.74) is 0. The zero-order chi connectivity index (χ0) is 8.16. The van der Waals surface area contributed by atoms with Crippen molar-refractivity contribution in [2.45, 2.75) is 6.42 Å².